The number of carbonyl (C=O) groups is 3. The van der Waals surface area contributed by atoms with Crippen LogP contribution in [-0.2, 0) is 25.5 Å². The molecule has 1 aliphatic rings. The third-order valence-corrected chi connectivity index (χ3v) is 3.61. The van der Waals surface area contributed by atoms with Crippen LogP contribution < -0.4 is 9.97 Å². The van der Waals surface area contributed by atoms with Crippen LogP contribution in [0.2, 0.25) is 0 Å². The summed E-state index contributed by atoms with van der Waals surface area (Å²) in [5, 5.41) is 12.8. The number of fused-ring (bicyclic) bond motifs is 1. The number of benzene rings is 1. The highest BCUT2D eigenvalue weighted by Gasteiger charge is 2.37. The van der Waals surface area contributed by atoms with E-state index in [0.717, 1.165) is 0 Å². The third-order valence-electron chi connectivity index (χ3n) is 3.61. The van der Waals surface area contributed by atoms with Crippen LogP contribution in [0.4, 0.5) is 0 Å². The molecule has 2 atom stereocenters. The molecule has 1 heterocycles. The number of amides is 1. The van der Waals surface area contributed by atoms with Crippen LogP contribution in [0.1, 0.15) is 43.1 Å². The van der Waals surface area contributed by atoms with Gasteiger partial charge in [-0.1, -0.05) is 19.1 Å². The summed E-state index contributed by atoms with van der Waals surface area (Å²) in [6.07, 6.45) is -0.453. The standard InChI is InChI=1S/C16H20BNO7/c1-4-14(20)18-13-8-11-6-5-7-12(15(11)25-17(13)22)16(21)24-10(3)23-9(2)19/h5-7,10,13,22H,4,8H2,1-3H3,(H,18,20)/t10?,13-/m0/s1. The number of hydrogen-bond acceptors (Lipinski definition) is 7. The van der Waals surface area contributed by atoms with Crippen LogP contribution in [-0.4, -0.2) is 42.2 Å². The van der Waals surface area contributed by atoms with Crippen LogP contribution in [0.15, 0.2) is 18.2 Å². The van der Waals surface area contributed by atoms with E-state index in [-0.39, 0.29) is 23.6 Å². The lowest BCUT2D eigenvalue weighted by Gasteiger charge is -2.29. The smallest absolute Gasteiger partial charge is 0.534 e. The van der Waals surface area contributed by atoms with Crippen molar-refractivity contribution in [2.45, 2.75) is 45.8 Å². The molecule has 0 spiro atoms. The molecule has 8 nitrogen and oxygen atoms in total. The molecule has 1 aromatic carbocycles. The summed E-state index contributed by atoms with van der Waals surface area (Å²) in [6.45, 7) is 4.33. The van der Waals surface area contributed by atoms with E-state index in [2.05, 4.69) is 5.32 Å². The second-order valence-electron chi connectivity index (χ2n) is 5.62. The molecule has 0 aliphatic carbocycles. The largest absolute Gasteiger partial charge is 0.547 e. The first kappa shape index (κ1) is 18.8. The molecule has 1 amide bonds. The van der Waals surface area contributed by atoms with E-state index in [0.29, 0.717) is 12.0 Å². The molecule has 1 aliphatic heterocycles. The second-order valence-corrected chi connectivity index (χ2v) is 5.62. The molecule has 134 valence electrons. The first-order chi connectivity index (χ1) is 11.8. The zero-order valence-corrected chi connectivity index (χ0v) is 14.3. The summed E-state index contributed by atoms with van der Waals surface area (Å²) >= 11 is 0. The minimum atomic E-state index is -1.29. The fourth-order valence-electron chi connectivity index (χ4n) is 2.49. The van der Waals surface area contributed by atoms with Gasteiger partial charge in [0.15, 0.2) is 0 Å². The van der Waals surface area contributed by atoms with Gasteiger partial charge in [0, 0.05) is 20.3 Å². The van der Waals surface area contributed by atoms with Gasteiger partial charge in [0.25, 0.3) is 0 Å². The van der Waals surface area contributed by atoms with Crippen molar-refractivity contribution in [3.05, 3.63) is 29.3 Å². The lowest BCUT2D eigenvalue weighted by atomic mass is 9.72. The van der Waals surface area contributed by atoms with Gasteiger partial charge in [-0.15, -0.1) is 0 Å². The highest BCUT2D eigenvalue weighted by Crippen LogP contribution is 2.30. The fourth-order valence-corrected chi connectivity index (χ4v) is 2.49. The Morgan fingerprint density at radius 1 is 1.40 bits per heavy atom. The quantitative estimate of drug-likeness (QED) is 0.455. The number of nitrogens with one attached hydrogen (secondary N) is 1. The Morgan fingerprint density at radius 3 is 2.76 bits per heavy atom. The van der Waals surface area contributed by atoms with E-state index in [4.69, 9.17) is 14.1 Å². The number of carbonyl (C=O) groups excluding carboxylic acids is 3. The van der Waals surface area contributed by atoms with E-state index in [1.807, 2.05) is 0 Å². The first-order valence-electron chi connectivity index (χ1n) is 7.96. The van der Waals surface area contributed by atoms with Crippen LogP contribution in [0, 0.1) is 0 Å². The molecule has 1 unspecified atom stereocenters. The summed E-state index contributed by atoms with van der Waals surface area (Å²) in [4.78, 5) is 34.7. The molecule has 1 aromatic rings. The Morgan fingerprint density at radius 2 is 2.12 bits per heavy atom. The highest BCUT2D eigenvalue weighted by atomic mass is 16.7. The maximum Gasteiger partial charge on any atom is 0.547 e. The summed E-state index contributed by atoms with van der Waals surface area (Å²) < 4.78 is 15.2. The predicted octanol–water partition coefficient (Wildman–Crippen LogP) is 0.602. The van der Waals surface area contributed by atoms with Gasteiger partial charge in [0.2, 0.25) is 12.2 Å². The van der Waals surface area contributed by atoms with Crippen molar-refractivity contribution in [1.82, 2.24) is 5.32 Å². The van der Waals surface area contributed by atoms with E-state index < -0.39 is 31.3 Å². The molecule has 0 saturated heterocycles. The maximum atomic E-state index is 12.3. The molecule has 0 bridgehead atoms. The number of hydrogen-bond donors (Lipinski definition) is 2. The normalized spacial score (nSPS) is 17.0. The molecule has 2 rings (SSSR count). The molecule has 0 radical (unpaired) electrons. The summed E-state index contributed by atoms with van der Waals surface area (Å²) in [5.74, 6) is -1.93. The van der Waals surface area contributed by atoms with Gasteiger partial charge in [0.1, 0.15) is 11.3 Å². The third kappa shape index (κ3) is 4.73. The average Bonchev–Trinajstić information content (AvgIpc) is 2.53. The number of ether oxygens (including phenoxy) is 2. The zero-order valence-electron chi connectivity index (χ0n) is 14.3. The Balaban J connectivity index is 2.17. The van der Waals surface area contributed by atoms with Crippen LogP contribution in [0.3, 0.4) is 0 Å². The van der Waals surface area contributed by atoms with Crippen molar-refractivity contribution in [2.24, 2.45) is 0 Å². The summed E-state index contributed by atoms with van der Waals surface area (Å²) in [5.41, 5.74) is 0.761. The van der Waals surface area contributed by atoms with Gasteiger partial charge >= 0.3 is 19.1 Å². The van der Waals surface area contributed by atoms with Gasteiger partial charge < -0.3 is 24.5 Å². The highest BCUT2D eigenvalue weighted by molar-refractivity contribution is 6.47. The fraction of sp³-hybridized carbons (Fsp3) is 0.438. The van der Waals surface area contributed by atoms with Gasteiger partial charge in [-0.25, -0.2) is 4.79 Å². The number of rotatable bonds is 5. The van der Waals surface area contributed by atoms with Gasteiger partial charge in [-0.2, -0.15) is 0 Å². The predicted molar refractivity (Wildman–Crippen MR) is 87.6 cm³/mol. The molecular weight excluding hydrogens is 329 g/mol. The lowest BCUT2D eigenvalue weighted by molar-refractivity contribution is -0.162. The van der Waals surface area contributed by atoms with E-state index in [1.54, 1.807) is 19.1 Å². The second kappa shape index (κ2) is 8.02. The topological polar surface area (TPSA) is 111 Å². The Labute approximate surface area is 145 Å². The van der Waals surface area contributed by atoms with Crippen LogP contribution in [0.25, 0.3) is 0 Å². The Bertz CT molecular complexity index is 678. The minimum Gasteiger partial charge on any atom is -0.534 e. The van der Waals surface area contributed by atoms with Crippen molar-refractivity contribution < 1.29 is 33.5 Å². The minimum absolute atomic E-state index is 0.107. The molecule has 25 heavy (non-hydrogen) atoms. The molecule has 0 aromatic heterocycles. The maximum absolute atomic E-state index is 12.3. The summed E-state index contributed by atoms with van der Waals surface area (Å²) in [7, 11) is -1.29. The van der Waals surface area contributed by atoms with Crippen LogP contribution in [0.5, 0.6) is 5.75 Å². The van der Waals surface area contributed by atoms with Crippen molar-refractivity contribution in [3.8, 4) is 5.75 Å². The molecular formula is C16H20BNO7. The molecule has 0 saturated carbocycles. The van der Waals surface area contributed by atoms with E-state index in [1.165, 1.54) is 19.9 Å². The number of para-hydroxylation sites is 1. The number of esters is 2. The van der Waals surface area contributed by atoms with Crippen molar-refractivity contribution >= 4 is 25.0 Å². The van der Waals surface area contributed by atoms with Crippen molar-refractivity contribution in [3.63, 3.8) is 0 Å². The SMILES string of the molecule is CCC(=O)N[C@H]1Cc2cccc(C(=O)OC(C)OC(C)=O)c2OB1O. The van der Waals surface area contributed by atoms with Crippen molar-refractivity contribution in [1.29, 1.82) is 0 Å². The van der Waals surface area contributed by atoms with E-state index in [9.17, 15) is 19.4 Å². The van der Waals surface area contributed by atoms with Gasteiger partial charge in [-0.3, -0.25) is 9.59 Å². The average molecular weight is 349 g/mol. The van der Waals surface area contributed by atoms with Crippen molar-refractivity contribution in [2.75, 3.05) is 0 Å². The Kier molecular flexibility index (Phi) is 6.03. The summed E-state index contributed by atoms with van der Waals surface area (Å²) in [6, 6.07) is 4.86. The lowest BCUT2D eigenvalue weighted by Crippen LogP contribution is -2.53. The monoisotopic (exact) mass is 349 g/mol. The van der Waals surface area contributed by atoms with Crippen LogP contribution >= 0.6 is 0 Å². The molecule has 2 N–H and O–H groups in total. The van der Waals surface area contributed by atoms with Gasteiger partial charge in [0.05, 0.1) is 5.94 Å². The zero-order chi connectivity index (χ0) is 18.6. The molecule has 9 heteroatoms. The van der Waals surface area contributed by atoms with Gasteiger partial charge in [-0.05, 0) is 18.1 Å². The molecule has 0 fully saturated rings. The van der Waals surface area contributed by atoms with E-state index >= 15 is 0 Å². The first-order valence-corrected chi connectivity index (χ1v) is 7.96. The Hall–Kier alpha value is -2.55.